The summed E-state index contributed by atoms with van der Waals surface area (Å²) in [6.07, 6.45) is 0. The Morgan fingerprint density at radius 2 is 1.88 bits per heavy atom. The number of hydrogen-bond acceptors (Lipinski definition) is 5. The average molecular weight is 346 g/mol. The van der Waals surface area contributed by atoms with Crippen LogP contribution in [0, 0.1) is 5.82 Å². The van der Waals surface area contributed by atoms with E-state index in [0.29, 0.717) is 5.69 Å². The molecule has 0 spiro atoms. The molecule has 2 amide bonds. The van der Waals surface area contributed by atoms with Crippen molar-refractivity contribution in [3.8, 4) is 0 Å². The average Bonchev–Trinajstić information content (AvgIpc) is 2.83. The van der Waals surface area contributed by atoms with E-state index in [-0.39, 0.29) is 11.3 Å². The van der Waals surface area contributed by atoms with E-state index < -0.39 is 28.3 Å². The van der Waals surface area contributed by atoms with Crippen molar-refractivity contribution >= 4 is 40.3 Å². The third-order valence-electron chi connectivity index (χ3n) is 3.34. The van der Waals surface area contributed by atoms with Crippen LogP contribution in [0.2, 0.25) is 0 Å². The molecule has 2 N–H and O–H groups in total. The Balaban J connectivity index is 1.80. The van der Waals surface area contributed by atoms with Crippen LogP contribution in [0.25, 0.3) is 0 Å². The maximum atomic E-state index is 13.0. The van der Waals surface area contributed by atoms with Crippen LogP contribution in [0.4, 0.5) is 20.6 Å². The van der Waals surface area contributed by atoms with Crippen molar-refractivity contribution in [2.45, 2.75) is 5.37 Å². The van der Waals surface area contributed by atoms with Crippen LogP contribution in [0.15, 0.2) is 48.5 Å². The molecule has 2 aromatic rings. The van der Waals surface area contributed by atoms with E-state index in [1.54, 1.807) is 6.07 Å². The Kier molecular flexibility index (Phi) is 4.22. The van der Waals surface area contributed by atoms with Crippen LogP contribution in [0.1, 0.15) is 10.4 Å². The number of rotatable bonds is 4. The van der Waals surface area contributed by atoms with Crippen molar-refractivity contribution in [3.05, 3.63) is 59.9 Å². The Morgan fingerprint density at radius 3 is 2.54 bits per heavy atom. The molecule has 0 saturated carbocycles. The van der Waals surface area contributed by atoms with E-state index in [0.717, 1.165) is 28.8 Å². The Labute approximate surface area is 140 Å². The van der Waals surface area contributed by atoms with Gasteiger partial charge in [0.1, 0.15) is 5.82 Å². The van der Waals surface area contributed by atoms with Crippen LogP contribution in [-0.2, 0) is 4.79 Å². The molecule has 1 aliphatic rings. The van der Waals surface area contributed by atoms with E-state index in [4.69, 9.17) is 5.11 Å². The number of imide groups is 1. The summed E-state index contributed by atoms with van der Waals surface area (Å²) in [5.41, 5.74) is 0.758. The van der Waals surface area contributed by atoms with Crippen molar-refractivity contribution in [2.24, 2.45) is 0 Å². The molecule has 0 radical (unpaired) electrons. The molecule has 8 heteroatoms. The number of nitrogens with zero attached hydrogens (tertiary/aromatic N) is 1. The van der Waals surface area contributed by atoms with Gasteiger partial charge in [0.25, 0.3) is 11.1 Å². The molecule has 0 aliphatic carbocycles. The fourth-order valence-electron chi connectivity index (χ4n) is 2.22. The van der Waals surface area contributed by atoms with Crippen molar-refractivity contribution in [2.75, 3.05) is 10.2 Å². The van der Waals surface area contributed by atoms with Gasteiger partial charge in [0.15, 0.2) is 5.37 Å². The summed E-state index contributed by atoms with van der Waals surface area (Å²) in [5, 5.41) is 10.5. The molecule has 122 valence electrons. The van der Waals surface area contributed by atoms with Crippen LogP contribution >= 0.6 is 11.8 Å². The van der Waals surface area contributed by atoms with Crippen LogP contribution in [0.3, 0.4) is 0 Å². The Hall–Kier alpha value is -2.87. The number of carboxylic acids is 1. The normalized spacial score (nSPS) is 17.2. The van der Waals surface area contributed by atoms with Gasteiger partial charge in [-0.1, -0.05) is 6.07 Å². The number of hydrogen-bond donors (Lipinski definition) is 2. The number of aromatic carboxylic acids is 1. The van der Waals surface area contributed by atoms with E-state index >= 15 is 0 Å². The molecule has 0 aromatic heterocycles. The van der Waals surface area contributed by atoms with Gasteiger partial charge >= 0.3 is 5.97 Å². The number of halogens is 1. The quantitative estimate of drug-likeness (QED) is 0.884. The minimum atomic E-state index is -1.09. The van der Waals surface area contributed by atoms with Crippen LogP contribution in [-0.4, -0.2) is 27.6 Å². The Morgan fingerprint density at radius 1 is 1.17 bits per heavy atom. The second-order valence-corrected chi connectivity index (χ2v) is 6.00. The maximum absolute atomic E-state index is 13.0. The lowest BCUT2D eigenvalue weighted by atomic mass is 10.2. The number of nitrogens with one attached hydrogen (secondary N) is 1. The molecule has 1 aliphatic heterocycles. The third kappa shape index (κ3) is 3.09. The SMILES string of the molecule is O=C(O)c1cccc(NC2SC(=O)N(c3ccc(F)cc3)C2=O)c1. The van der Waals surface area contributed by atoms with Crippen LogP contribution in [0.5, 0.6) is 0 Å². The minimum absolute atomic E-state index is 0.0668. The van der Waals surface area contributed by atoms with Crippen molar-refractivity contribution in [1.29, 1.82) is 0 Å². The zero-order valence-electron chi connectivity index (χ0n) is 12.1. The highest BCUT2D eigenvalue weighted by molar-refractivity contribution is 8.16. The maximum Gasteiger partial charge on any atom is 0.335 e. The van der Waals surface area contributed by atoms with Crippen molar-refractivity contribution < 1.29 is 23.9 Å². The minimum Gasteiger partial charge on any atom is -0.478 e. The van der Waals surface area contributed by atoms with Gasteiger partial charge in [0.05, 0.1) is 11.3 Å². The lowest BCUT2D eigenvalue weighted by Gasteiger charge is -2.15. The first-order valence-corrected chi connectivity index (χ1v) is 7.74. The molecule has 6 nitrogen and oxygen atoms in total. The largest absolute Gasteiger partial charge is 0.478 e. The fourth-order valence-corrected chi connectivity index (χ4v) is 3.12. The topological polar surface area (TPSA) is 86.7 Å². The van der Waals surface area contributed by atoms with Gasteiger partial charge in [0.2, 0.25) is 0 Å². The van der Waals surface area contributed by atoms with Crippen molar-refractivity contribution in [3.63, 3.8) is 0 Å². The molecule has 2 aromatic carbocycles. The monoisotopic (exact) mass is 346 g/mol. The molecule has 0 bridgehead atoms. The molecule has 1 atom stereocenters. The number of carbonyl (C=O) groups excluding carboxylic acids is 2. The summed E-state index contributed by atoms with van der Waals surface area (Å²) < 4.78 is 13.0. The number of carboxylic acid groups (broad SMARTS) is 1. The highest BCUT2D eigenvalue weighted by Crippen LogP contribution is 2.32. The number of thioether (sulfide) groups is 1. The molecule has 1 fully saturated rings. The summed E-state index contributed by atoms with van der Waals surface area (Å²) in [7, 11) is 0. The fraction of sp³-hybridized carbons (Fsp3) is 0.0625. The predicted octanol–water partition coefficient (Wildman–Crippen LogP) is 3.16. The van der Waals surface area contributed by atoms with Crippen LogP contribution < -0.4 is 10.2 Å². The van der Waals surface area contributed by atoms with Gasteiger partial charge in [-0.3, -0.25) is 9.59 Å². The van der Waals surface area contributed by atoms with E-state index in [9.17, 15) is 18.8 Å². The van der Waals surface area contributed by atoms with Gasteiger partial charge < -0.3 is 10.4 Å². The predicted molar refractivity (Wildman–Crippen MR) is 87.7 cm³/mol. The first-order valence-electron chi connectivity index (χ1n) is 6.86. The molecular weight excluding hydrogens is 335 g/mol. The van der Waals surface area contributed by atoms with E-state index in [1.165, 1.54) is 30.3 Å². The van der Waals surface area contributed by atoms with Gasteiger partial charge in [-0.15, -0.1) is 0 Å². The Bertz CT molecular complexity index is 825. The summed E-state index contributed by atoms with van der Waals surface area (Å²) >= 11 is 0.775. The van der Waals surface area contributed by atoms with Gasteiger partial charge in [0, 0.05) is 5.69 Å². The lowest BCUT2D eigenvalue weighted by Crippen LogP contribution is -2.34. The highest BCUT2D eigenvalue weighted by atomic mass is 32.2. The molecule has 3 rings (SSSR count). The smallest absolute Gasteiger partial charge is 0.335 e. The standard InChI is InChI=1S/C16H11FN2O4S/c17-10-4-6-12(7-5-10)19-14(20)13(24-16(19)23)18-11-3-1-2-9(8-11)15(21)22/h1-8,13,18H,(H,21,22). The zero-order chi connectivity index (χ0) is 17.3. The van der Waals surface area contributed by atoms with Gasteiger partial charge in [-0.2, -0.15) is 0 Å². The summed E-state index contributed by atoms with van der Waals surface area (Å²) in [6.45, 7) is 0. The third-order valence-corrected chi connectivity index (χ3v) is 4.28. The second kappa shape index (κ2) is 6.32. The molecule has 1 saturated heterocycles. The molecule has 24 heavy (non-hydrogen) atoms. The summed E-state index contributed by atoms with van der Waals surface area (Å²) in [5.74, 6) is -2.06. The second-order valence-electron chi connectivity index (χ2n) is 4.94. The van der Waals surface area contributed by atoms with E-state index in [1.807, 2.05) is 0 Å². The first kappa shape index (κ1) is 16.0. The highest BCUT2D eigenvalue weighted by Gasteiger charge is 2.40. The van der Waals surface area contributed by atoms with Gasteiger partial charge in [-0.25, -0.2) is 14.1 Å². The zero-order valence-corrected chi connectivity index (χ0v) is 12.9. The van der Waals surface area contributed by atoms with E-state index in [2.05, 4.69) is 5.32 Å². The lowest BCUT2D eigenvalue weighted by molar-refractivity contribution is -0.116. The molecule has 1 heterocycles. The van der Waals surface area contributed by atoms with Gasteiger partial charge in [-0.05, 0) is 54.2 Å². The number of anilines is 2. The van der Waals surface area contributed by atoms with Crippen molar-refractivity contribution in [1.82, 2.24) is 0 Å². The molecule has 1 unspecified atom stereocenters. The number of benzene rings is 2. The summed E-state index contributed by atoms with van der Waals surface area (Å²) in [6, 6.07) is 11.0. The first-order chi connectivity index (χ1) is 11.5. The molecular formula is C16H11FN2O4S. The number of amides is 2. The summed E-state index contributed by atoms with van der Waals surface area (Å²) in [4.78, 5) is 36.5. The number of carbonyl (C=O) groups is 3.